The molecule has 72 valence electrons. The molecular weight excluding hydrogens is 166 g/mol. The second-order valence-electron chi connectivity index (χ2n) is 3.93. The standard InChI is InChI=1S/C10H21NS/c1-9(2)11-8-12-10-6-4-3-5-7-10/h9-11H,3-8H2,1-2H3. The maximum absolute atomic E-state index is 3.46. The molecule has 0 aliphatic heterocycles. The summed E-state index contributed by atoms with van der Waals surface area (Å²) in [5.41, 5.74) is 0. The van der Waals surface area contributed by atoms with Crippen LogP contribution in [0.2, 0.25) is 0 Å². The van der Waals surface area contributed by atoms with Crippen LogP contribution in [0.15, 0.2) is 0 Å². The number of thioether (sulfide) groups is 1. The van der Waals surface area contributed by atoms with Gasteiger partial charge < -0.3 is 5.32 Å². The van der Waals surface area contributed by atoms with Gasteiger partial charge in [-0.15, -0.1) is 11.8 Å². The molecule has 0 aromatic carbocycles. The first-order chi connectivity index (χ1) is 5.79. The highest BCUT2D eigenvalue weighted by Crippen LogP contribution is 2.27. The number of nitrogens with one attached hydrogen (secondary N) is 1. The second kappa shape index (κ2) is 5.87. The quantitative estimate of drug-likeness (QED) is 0.679. The van der Waals surface area contributed by atoms with Gasteiger partial charge in [-0.1, -0.05) is 33.1 Å². The highest BCUT2D eigenvalue weighted by atomic mass is 32.2. The lowest BCUT2D eigenvalue weighted by Crippen LogP contribution is -2.23. The minimum atomic E-state index is 0.640. The summed E-state index contributed by atoms with van der Waals surface area (Å²) in [4.78, 5) is 0. The molecule has 1 rings (SSSR count). The Morgan fingerprint density at radius 3 is 2.50 bits per heavy atom. The van der Waals surface area contributed by atoms with Crippen molar-refractivity contribution < 1.29 is 0 Å². The molecule has 2 heteroatoms. The normalized spacial score (nSPS) is 20.2. The molecule has 0 bridgehead atoms. The fourth-order valence-electron chi connectivity index (χ4n) is 1.56. The van der Waals surface area contributed by atoms with Crippen LogP contribution in [-0.2, 0) is 0 Å². The summed E-state index contributed by atoms with van der Waals surface area (Å²) in [7, 11) is 0. The molecule has 1 N–H and O–H groups in total. The van der Waals surface area contributed by atoms with Gasteiger partial charge in [0, 0.05) is 17.2 Å². The molecule has 0 saturated heterocycles. The molecule has 0 spiro atoms. The first-order valence-corrected chi connectivity index (χ1v) is 6.19. The van der Waals surface area contributed by atoms with Crippen LogP contribution in [0.25, 0.3) is 0 Å². The van der Waals surface area contributed by atoms with Crippen LogP contribution in [0.4, 0.5) is 0 Å². The Hall–Kier alpha value is 0.310. The third-order valence-corrected chi connectivity index (χ3v) is 3.64. The van der Waals surface area contributed by atoms with Gasteiger partial charge in [0.2, 0.25) is 0 Å². The van der Waals surface area contributed by atoms with E-state index in [-0.39, 0.29) is 0 Å². The number of hydrogen-bond acceptors (Lipinski definition) is 2. The van der Waals surface area contributed by atoms with Crippen molar-refractivity contribution in [2.45, 2.75) is 57.2 Å². The molecule has 0 amide bonds. The summed E-state index contributed by atoms with van der Waals surface area (Å²) in [6, 6.07) is 0.640. The third-order valence-electron chi connectivity index (χ3n) is 2.36. The monoisotopic (exact) mass is 187 g/mol. The van der Waals surface area contributed by atoms with Crippen LogP contribution in [0, 0.1) is 0 Å². The van der Waals surface area contributed by atoms with Crippen molar-refractivity contribution in [3.63, 3.8) is 0 Å². The molecule has 0 atom stereocenters. The Balaban J connectivity index is 1.98. The highest BCUT2D eigenvalue weighted by Gasteiger charge is 2.12. The summed E-state index contributed by atoms with van der Waals surface area (Å²) in [5.74, 6) is 1.14. The molecule has 0 unspecified atom stereocenters. The van der Waals surface area contributed by atoms with Crippen molar-refractivity contribution in [1.29, 1.82) is 0 Å². The molecule has 0 heterocycles. The maximum Gasteiger partial charge on any atom is 0.0422 e. The van der Waals surface area contributed by atoms with Gasteiger partial charge in [-0.05, 0) is 12.8 Å². The lowest BCUT2D eigenvalue weighted by Gasteiger charge is -2.21. The Morgan fingerprint density at radius 1 is 1.25 bits per heavy atom. The zero-order valence-corrected chi connectivity index (χ0v) is 9.12. The smallest absolute Gasteiger partial charge is 0.0422 e. The summed E-state index contributed by atoms with van der Waals surface area (Å²) in [6.45, 7) is 4.42. The second-order valence-corrected chi connectivity index (χ2v) is 5.22. The highest BCUT2D eigenvalue weighted by molar-refractivity contribution is 7.99. The third kappa shape index (κ3) is 4.36. The van der Waals surface area contributed by atoms with Crippen LogP contribution in [0.1, 0.15) is 46.0 Å². The summed E-state index contributed by atoms with van der Waals surface area (Å²) in [5, 5.41) is 4.40. The molecule has 1 saturated carbocycles. The predicted molar refractivity (Wildman–Crippen MR) is 57.6 cm³/mol. The lowest BCUT2D eigenvalue weighted by atomic mass is 10.0. The van der Waals surface area contributed by atoms with Crippen molar-refractivity contribution in [3.05, 3.63) is 0 Å². The van der Waals surface area contributed by atoms with Gasteiger partial charge >= 0.3 is 0 Å². The van der Waals surface area contributed by atoms with E-state index in [4.69, 9.17) is 0 Å². The average molecular weight is 187 g/mol. The Morgan fingerprint density at radius 2 is 1.92 bits per heavy atom. The molecule has 1 aliphatic rings. The van der Waals surface area contributed by atoms with E-state index >= 15 is 0 Å². The van der Waals surface area contributed by atoms with E-state index in [2.05, 4.69) is 30.9 Å². The van der Waals surface area contributed by atoms with Gasteiger partial charge in [0.25, 0.3) is 0 Å². The zero-order chi connectivity index (χ0) is 8.81. The largest absolute Gasteiger partial charge is 0.306 e. The van der Waals surface area contributed by atoms with Gasteiger partial charge in [-0.3, -0.25) is 0 Å². The van der Waals surface area contributed by atoms with E-state index in [1.165, 1.54) is 32.1 Å². The Kier molecular flexibility index (Phi) is 5.08. The van der Waals surface area contributed by atoms with Crippen LogP contribution in [0.3, 0.4) is 0 Å². The van der Waals surface area contributed by atoms with Gasteiger partial charge in [-0.25, -0.2) is 0 Å². The van der Waals surface area contributed by atoms with E-state index in [9.17, 15) is 0 Å². The SMILES string of the molecule is CC(C)NCSC1CCCCC1. The van der Waals surface area contributed by atoms with E-state index in [1.54, 1.807) is 0 Å². The van der Waals surface area contributed by atoms with E-state index in [0.717, 1.165) is 11.1 Å². The average Bonchev–Trinajstić information content (AvgIpc) is 2.05. The lowest BCUT2D eigenvalue weighted by molar-refractivity contribution is 0.514. The first kappa shape index (κ1) is 10.4. The molecule has 0 radical (unpaired) electrons. The van der Waals surface area contributed by atoms with Crippen molar-refractivity contribution in [3.8, 4) is 0 Å². The van der Waals surface area contributed by atoms with Gasteiger partial charge in [0.05, 0.1) is 0 Å². The predicted octanol–water partition coefficient (Wildman–Crippen LogP) is 3.01. The first-order valence-electron chi connectivity index (χ1n) is 5.14. The van der Waals surface area contributed by atoms with Gasteiger partial charge in [0.1, 0.15) is 0 Å². The fourth-order valence-corrected chi connectivity index (χ4v) is 2.90. The van der Waals surface area contributed by atoms with Gasteiger partial charge in [-0.2, -0.15) is 0 Å². The Bertz CT molecular complexity index is 108. The maximum atomic E-state index is 3.46. The van der Waals surface area contributed by atoms with Crippen LogP contribution >= 0.6 is 11.8 Å². The van der Waals surface area contributed by atoms with Crippen LogP contribution in [-0.4, -0.2) is 17.2 Å². The topological polar surface area (TPSA) is 12.0 Å². The minimum Gasteiger partial charge on any atom is -0.306 e. The zero-order valence-electron chi connectivity index (χ0n) is 8.31. The molecule has 0 aromatic rings. The van der Waals surface area contributed by atoms with Crippen molar-refractivity contribution in [2.75, 3.05) is 5.88 Å². The van der Waals surface area contributed by atoms with E-state index in [0.29, 0.717) is 6.04 Å². The molecular formula is C10H21NS. The molecule has 1 fully saturated rings. The van der Waals surface area contributed by atoms with E-state index in [1.807, 2.05) is 0 Å². The van der Waals surface area contributed by atoms with Gasteiger partial charge in [0.15, 0.2) is 0 Å². The molecule has 12 heavy (non-hydrogen) atoms. The number of hydrogen-bond donors (Lipinski definition) is 1. The van der Waals surface area contributed by atoms with Crippen molar-refractivity contribution in [2.24, 2.45) is 0 Å². The van der Waals surface area contributed by atoms with Crippen LogP contribution < -0.4 is 5.32 Å². The van der Waals surface area contributed by atoms with Crippen molar-refractivity contribution >= 4 is 11.8 Å². The van der Waals surface area contributed by atoms with E-state index < -0.39 is 0 Å². The van der Waals surface area contributed by atoms with Crippen molar-refractivity contribution in [1.82, 2.24) is 5.32 Å². The summed E-state index contributed by atoms with van der Waals surface area (Å²) in [6.07, 6.45) is 7.28. The fraction of sp³-hybridized carbons (Fsp3) is 1.00. The molecule has 1 nitrogen and oxygen atoms in total. The summed E-state index contributed by atoms with van der Waals surface area (Å²) >= 11 is 2.11. The summed E-state index contributed by atoms with van der Waals surface area (Å²) < 4.78 is 0. The minimum absolute atomic E-state index is 0.640. The Labute approximate surface area is 80.7 Å². The number of rotatable bonds is 4. The molecule has 0 aromatic heterocycles. The molecule has 1 aliphatic carbocycles. The van der Waals surface area contributed by atoms with Crippen LogP contribution in [0.5, 0.6) is 0 Å².